The summed E-state index contributed by atoms with van der Waals surface area (Å²) in [7, 11) is 0. The van der Waals surface area contributed by atoms with Gasteiger partial charge in [-0.2, -0.15) is 4.98 Å². The fourth-order valence-electron chi connectivity index (χ4n) is 1.20. The van der Waals surface area contributed by atoms with Crippen LogP contribution in [0.15, 0.2) is 10.6 Å². The molecule has 84 valence electrons. The second-order valence-electron chi connectivity index (χ2n) is 3.25. The summed E-state index contributed by atoms with van der Waals surface area (Å²) < 4.78 is 4.95. The van der Waals surface area contributed by atoms with E-state index in [4.69, 9.17) is 16.1 Å². The molecule has 0 radical (unpaired) electrons. The summed E-state index contributed by atoms with van der Waals surface area (Å²) in [5.74, 6) is 1.74. The molecule has 2 aromatic heterocycles. The zero-order valence-corrected chi connectivity index (χ0v) is 9.62. The summed E-state index contributed by atoms with van der Waals surface area (Å²) in [5, 5.41) is 6.92. The molecule has 0 aliphatic carbocycles. The summed E-state index contributed by atoms with van der Waals surface area (Å²) >= 11 is 5.72. The van der Waals surface area contributed by atoms with Crippen LogP contribution in [0.4, 0.5) is 5.82 Å². The number of aromatic nitrogens is 4. The number of hydrogen-bond acceptors (Lipinski definition) is 6. The first kappa shape index (κ1) is 10.8. The number of nitrogens with one attached hydrogen (secondary N) is 1. The molecule has 0 aliphatic heterocycles. The Morgan fingerprint density at radius 1 is 1.31 bits per heavy atom. The predicted octanol–water partition coefficient (Wildman–Crippen LogP) is 1.74. The minimum Gasteiger partial charge on any atom is -0.361 e. The molecule has 0 aliphatic rings. The number of aryl methyl sites for hydroxylation is 2. The molecule has 6 nitrogen and oxygen atoms in total. The Morgan fingerprint density at radius 2 is 2.12 bits per heavy atom. The van der Waals surface area contributed by atoms with Crippen molar-refractivity contribution in [2.45, 2.75) is 20.4 Å². The maximum atomic E-state index is 5.72. The van der Waals surface area contributed by atoms with Gasteiger partial charge in [0, 0.05) is 11.8 Å². The molecular formula is C9H10ClN5O. The van der Waals surface area contributed by atoms with E-state index in [0.29, 0.717) is 24.1 Å². The van der Waals surface area contributed by atoms with Gasteiger partial charge in [0.2, 0.25) is 11.2 Å². The van der Waals surface area contributed by atoms with Crippen LogP contribution in [0.1, 0.15) is 17.4 Å². The summed E-state index contributed by atoms with van der Waals surface area (Å²) in [6.45, 7) is 4.02. The van der Waals surface area contributed by atoms with E-state index in [1.807, 2.05) is 6.92 Å². The largest absolute Gasteiger partial charge is 0.361 e. The van der Waals surface area contributed by atoms with Crippen LogP contribution in [-0.4, -0.2) is 20.1 Å². The molecule has 2 aromatic rings. The molecule has 7 heteroatoms. The average molecular weight is 240 g/mol. The highest BCUT2D eigenvalue weighted by Gasteiger charge is 2.04. The summed E-state index contributed by atoms with van der Waals surface area (Å²) in [6.07, 6.45) is 0. The minimum absolute atomic E-state index is 0.212. The maximum Gasteiger partial charge on any atom is 0.245 e. The van der Waals surface area contributed by atoms with Crippen LogP contribution in [0.25, 0.3) is 0 Å². The Bertz CT molecular complexity index is 478. The van der Waals surface area contributed by atoms with Crippen LogP contribution in [0.3, 0.4) is 0 Å². The highest BCUT2D eigenvalue weighted by Crippen LogP contribution is 2.10. The molecule has 0 atom stereocenters. The summed E-state index contributed by atoms with van der Waals surface area (Å²) in [4.78, 5) is 12.0. The first-order chi connectivity index (χ1) is 7.63. The van der Waals surface area contributed by atoms with E-state index in [9.17, 15) is 0 Å². The Hall–Kier alpha value is -1.69. The molecule has 0 amide bonds. The Morgan fingerprint density at radius 3 is 2.75 bits per heavy atom. The monoisotopic (exact) mass is 239 g/mol. The number of nitrogens with zero attached hydrogens (tertiary/aromatic N) is 4. The van der Waals surface area contributed by atoms with E-state index < -0.39 is 0 Å². The van der Waals surface area contributed by atoms with E-state index >= 15 is 0 Å². The highest BCUT2D eigenvalue weighted by molar-refractivity contribution is 6.28. The smallest absolute Gasteiger partial charge is 0.245 e. The molecule has 0 saturated carbocycles. The highest BCUT2D eigenvalue weighted by atomic mass is 35.5. The van der Waals surface area contributed by atoms with Gasteiger partial charge < -0.3 is 9.84 Å². The Balaban J connectivity index is 2.04. The van der Waals surface area contributed by atoms with Crippen LogP contribution < -0.4 is 5.32 Å². The first-order valence-corrected chi connectivity index (χ1v) is 5.05. The van der Waals surface area contributed by atoms with Gasteiger partial charge in [0.05, 0.1) is 6.54 Å². The van der Waals surface area contributed by atoms with Gasteiger partial charge in [0.1, 0.15) is 5.82 Å². The zero-order valence-electron chi connectivity index (χ0n) is 8.86. The van der Waals surface area contributed by atoms with Gasteiger partial charge >= 0.3 is 0 Å². The molecule has 0 bridgehead atoms. The van der Waals surface area contributed by atoms with Crippen molar-refractivity contribution in [2.24, 2.45) is 0 Å². The molecule has 16 heavy (non-hydrogen) atoms. The molecule has 0 saturated heterocycles. The average Bonchev–Trinajstić information content (AvgIpc) is 2.60. The van der Waals surface area contributed by atoms with Gasteiger partial charge in [-0.1, -0.05) is 5.16 Å². The third-order valence-corrected chi connectivity index (χ3v) is 1.99. The molecule has 0 unspecified atom stereocenters. The van der Waals surface area contributed by atoms with Crippen LogP contribution >= 0.6 is 11.6 Å². The van der Waals surface area contributed by atoms with Crippen LogP contribution in [0, 0.1) is 13.8 Å². The van der Waals surface area contributed by atoms with Crippen LogP contribution in [-0.2, 0) is 6.54 Å². The standard InChI is InChI=1S/C9H10ClN5O/c1-5-3-7(14-9(10)12-5)11-4-8-13-6(2)15-16-8/h3H,4H2,1-2H3,(H,11,12,14). The molecule has 1 N–H and O–H groups in total. The quantitative estimate of drug-likeness (QED) is 0.823. The van der Waals surface area contributed by atoms with E-state index in [2.05, 4.69) is 25.4 Å². The molecule has 0 aromatic carbocycles. The summed E-state index contributed by atoms with van der Waals surface area (Å²) in [5.41, 5.74) is 0.796. The van der Waals surface area contributed by atoms with E-state index in [0.717, 1.165) is 5.69 Å². The SMILES string of the molecule is Cc1cc(NCc2nc(C)no2)nc(Cl)n1. The fraction of sp³-hybridized carbons (Fsp3) is 0.333. The lowest BCUT2D eigenvalue weighted by Crippen LogP contribution is -2.03. The van der Waals surface area contributed by atoms with Crippen molar-refractivity contribution in [2.75, 3.05) is 5.32 Å². The molecular weight excluding hydrogens is 230 g/mol. The maximum absolute atomic E-state index is 5.72. The Kier molecular flexibility index (Phi) is 3.00. The van der Waals surface area contributed by atoms with Gasteiger partial charge in [-0.15, -0.1) is 0 Å². The lowest BCUT2D eigenvalue weighted by atomic mass is 10.4. The number of halogens is 1. The fourth-order valence-corrected chi connectivity index (χ4v) is 1.43. The van der Waals surface area contributed by atoms with Crippen molar-refractivity contribution >= 4 is 17.4 Å². The van der Waals surface area contributed by atoms with E-state index in [1.165, 1.54) is 0 Å². The molecule has 2 heterocycles. The van der Waals surface area contributed by atoms with Gasteiger partial charge in [0.15, 0.2) is 5.82 Å². The Labute approximate surface area is 97.1 Å². The van der Waals surface area contributed by atoms with Crippen molar-refractivity contribution in [3.63, 3.8) is 0 Å². The molecule has 0 fully saturated rings. The third kappa shape index (κ3) is 2.66. The molecule has 0 spiro atoms. The second kappa shape index (κ2) is 4.44. The van der Waals surface area contributed by atoms with Gasteiger partial charge in [-0.3, -0.25) is 0 Å². The summed E-state index contributed by atoms with van der Waals surface area (Å²) in [6, 6.07) is 1.79. The zero-order chi connectivity index (χ0) is 11.5. The number of anilines is 1. The number of hydrogen-bond donors (Lipinski definition) is 1. The second-order valence-corrected chi connectivity index (χ2v) is 3.59. The first-order valence-electron chi connectivity index (χ1n) is 4.68. The minimum atomic E-state index is 0.212. The lowest BCUT2D eigenvalue weighted by Gasteiger charge is -2.03. The van der Waals surface area contributed by atoms with Crippen LogP contribution in [0.2, 0.25) is 5.28 Å². The van der Waals surface area contributed by atoms with E-state index in [-0.39, 0.29) is 5.28 Å². The molecule has 2 rings (SSSR count). The van der Waals surface area contributed by atoms with Crippen molar-refractivity contribution in [3.8, 4) is 0 Å². The van der Waals surface area contributed by atoms with Crippen molar-refractivity contribution in [1.82, 2.24) is 20.1 Å². The number of rotatable bonds is 3. The van der Waals surface area contributed by atoms with Gasteiger partial charge in [-0.05, 0) is 25.4 Å². The van der Waals surface area contributed by atoms with E-state index in [1.54, 1.807) is 13.0 Å². The normalized spacial score (nSPS) is 10.4. The van der Waals surface area contributed by atoms with Crippen molar-refractivity contribution in [1.29, 1.82) is 0 Å². The van der Waals surface area contributed by atoms with Gasteiger partial charge in [-0.25, -0.2) is 9.97 Å². The third-order valence-electron chi connectivity index (χ3n) is 1.82. The lowest BCUT2D eigenvalue weighted by molar-refractivity contribution is 0.379. The van der Waals surface area contributed by atoms with Crippen molar-refractivity contribution in [3.05, 3.63) is 28.8 Å². The van der Waals surface area contributed by atoms with Crippen molar-refractivity contribution < 1.29 is 4.52 Å². The van der Waals surface area contributed by atoms with Crippen LogP contribution in [0.5, 0.6) is 0 Å². The van der Waals surface area contributed by atoms with Gasteiger partial charge in [0.25, 0.3) is 0 Å². The predicted molar refractivity (Wildman–Crippen MR) is 58.1 cm³/mol. The topological polar surface area (TPSA) is 76.7 Å².